The van der Waals surface area contributed by atoms with E-state index in [1.165, 1.54) is 6.33 Å². The number of hydrogen-bond donors (Lipinski definition) is 1. The van der Waals surface area contributed by atoms with E-state index in [0.29, 0.717) is 0 Å². The lowest BCUT2D eigenvalue weighted by atomic mass is 10.0. The number of rotatable bonds is 2. The molecule has 0 aliphatic heterocycles. The second kappa shape index (κ2) is 3.98. The van der Waals surface area contributed by atoms with Crippen LogP contribution < -0.4 is 5.73 Å². The van der Waals surface area contributed by atoms with Crippen LogP contribution in [-0.2, 0) is 0 Å². The van der Waals surface area contributed by atoms with E-state index in [-0.39, 0.29) is 6.04 Å². The maximum Gasteiger partial charge on any atom is 0.115 e. The molecule has 1 atom stereocenters. The van der Waals surface area contributed by atoms with Crippen LogP contribution in [0.25, 0.3) is 0 Å². The maximum atomic E-state index is 6.04. The van der Waals surface area contributed by atoms with Gasteiger partial charge in [-0.1, -0.05) is 30.3 Å². The van der Waals surface area contributed by atoms with Gasteiger partial charge in [0.2, 0.25) is 0 Å². The van der Waals surface area contributed by atoms with Crippen LogP contribution in [0.5, 0.6) is 0 Å². The second-order valence-electron chi connectivity index (χ2n) is 3.06. The Labute approximate surface area is 82.6 Å². The van der Waals surface area contributed by atoms with Crippen LogP contribution >= 0.6 is 0 Å². The van der Waals surface area contributed by atoms with Crippen LogP contribution in [0.1, 0.15) is 17.2 Å². The Morgan fingerprint density at radius 3 is 2.21 bits per heavy atom. The van der Waals surface area contributed by atoms with Crippen LogP contribution in [-0.4, -0.2) is 9.97 Å². The van der Waals surface area contributed by atoms with E-state index < -0.39 is 0 Å². The van der Waals surface area contributed by atoms with E-state index in [9.17, 15) is 0 Å². The van der Waals surface area contributed by atoms with E-state index in [2.05, 4.69) is 9.97 Å². The summed E-state index contributed by atoms with van der Waals surface area (Å²) in [6.07, 6.45) is 4.98. The first-order chi connectivity index (χ1) is 6.88. The zero-order valence-electron chi connectivity index (χ0n) is 7.67. The molecule has 0 spiro atoms. The van der Waals surface area contributed by atoms with Gasteiger partial charge in [0.25, 0.3) is 0 Å². The molecule has 0 fully saturated rings. The summed E-state index contributed by atoms with van der Waals surface area (Å²) in [5.74, 6) is 0. The van der Waals surface area contributed by atoms with Crippen molar-refractivity contribution < 1.29 is 0 Å². The molecule has 1 heterocycles. The van der Waals surface area contributed by atoms with Gasteiger partial charge in [-0.15, -0.1) is 0 Å². The van der Waals surface area contributed by atoms with Gasteiger partial charge in [-0.25, -0.2) is 9.97 Å². The average molecular weight is 185 g/mol. The van der Waals surface area contributed by atoms with Gasteiger partial charge in [0.1, 0.15) is 6.33 Å². The molecule has 1 aromatic carbocycles. The zero-order valence-corrected chi connectivity index (χ0v) is 7.67. The summed E-state index contributed by atoms with van der Waals surface area (Å²) in [4.78, 5) is 7.88. The summed E-state index contributed by atoms with van der Waals surface area (Å²) in [6.45, 7) is 0. The predicted molar refractivity (Wildman–Crippen MR) is 54.5 cm³/mol. The summed E-state index contributed by atoms with van der Waals surface area (Å²) < 4.78 is 0. The number of benzene rings is 1. The Morgan fingerprint density at radius 1 is 0.929 bits per heavy atom. The molecular weight excluding hydrogens is 174 g/mol. The SMILES string of the molecule is NC(c1ccccc1)c1cncnc1. The average Bonchev–Trinajstić information content (AvgIpc) is 2.30. The van der Waals surface area contributed by atoms with E-state index in [1.54, 1.807) is 12.4 Å². The van der Waals surface area contributed by atoms with Gasteiger partial charge in [-0.3, -0.25) is 0 Å². The minimum absolute atomic E-state index is 0.141. The summed E-state index contributed by atoms with van der Waals surface area (Å²) >= 11 is 0. The van der Waals surface area contributed by atoms with Crippen molar-refractivity contribution >= 4 is 0 Å². The first-order valence-electron chi connectivity index (χ1n) is 4.43. The Bertz CT molecular complexity index is 346. The Balaban J connectivity index is 2.30. The molecule has 3 nitrogen and oxygen atoms in total. The topological polar surface area (TPSA) is 51.8 Å². The van der Waals surface area contributed by atoms with E-state index in [1.807, 2.05) is 30.3 Å². The number of hydrogen-bond acceptors (Lipinski definition) is 3. The third-order valence-electron chi connectivity index (χ3n) is 2.10. The molecule has 14 heavy (non-hydrogen) atoms. The van der Waals surface area contributed by atoms with Crippen molar-refractivity contribution in [2.45, 2.75) is 6.04 Å². The fourth-order valence-corrected chi connectivity index (χ4v) is 1.32. The molecule has 0 bridgehead atoms. The highest BCUT2D eigenvalue weighted by Gasteiger charge is 2.07. The van der Waals surface area contributed by atoms with Crippen molar-refractivity contribution in [3.63, 3.8) is 0 Å². The smallest absolute Gasteiger partial charge is 0.115 e. The number of nitrogens with two attached hydrogens (primary N) is 1. The normalized spacial score (nSPS) is 12.4. The van der Waals surface area contributed by atoms with Crippen LogP contribution in [0.4, 0.5) is 0 Å². The molecule has 2 aromatic rings. The molecule has 0 aliphatic rings. The fourth-order valence-electron chi connectivity index (χ4n) is 1.32. The van der Waals surface area contributed by atoms with Crippen molar-refractivity contribution in [3.8, 4) is 0 Å². The molecular formula is C11H11N3. The highest BCUT2D eigenvalue weighted by Crippen LogP contribution is 2.16. The Morgan fingerprint density at radius 2 is 1.57 bits per heavy atom. The first kappa shape index (κ1) is 8.84. The lowest BCUT2D eigenvalue weighted by Crippen LogP contribution is -2.12. The molecule has 0 saturated carbocycles. The van der Waals surface area contributed by atoms with Crippen molar-refractivity contribution in [1.82, 2.24) is 9.97 Å². The van der Waals surface area contributed by atoms with Crippen LogP contribution in [0.3, 0.4) is 0 Å². The highest BCUT2D eigenvalue weighted by molar-refractivity contribution is 5.27. The van der Waals surface area contributed by atoms with Gasteiger partial charge in [0.05, 0.1) is 6.04 Å². The van der Waals surface area contributed by atoms with Crippen LogP contribution in [0.2, 0.25) is 0 Å². The molecule has 1 aromatic heterocycles. The summed E-state index contributed by atoms with van der Waals surface area (Å²) in [5.41, 5.74) is 8.04. The lowest BCUT2D eigenvalue weighted by Gasteiger charge is -2.10. The molecule has 0 radical (unpaired) electrons. The lowest BCUT2D eigenvalue weighted by molar-refractivity contribution is 0.851. The highest BCUT2D eigenvalue weighted by atomic mass is 14.8. The van der Waals surface area contributed by atoms with Gasteiger partial charge < -0.3 is 5.73 Å². The molecule has 70 valence electrons. The molecule has 2 N–H and O–H groups in total. The molecule has 1 unspecified atom stereocenters. The predicted octanol–water partition coefficient (Wildman–Crippen LogP) is 1.52. The van der Waals surface area contributed by atoms with Crippen molar-refractivity contribution in [2.24, 2.45) is 5.73 Å². The zero-order chi connectivity index (χ0) is 9.80. The minimum Gasteiger partial charge on any atom is -0.320 e. The third kappa shape index (κ3) is 1.78. The van der Waals surface area contributed by atoms with E-state index in [0.717, 1.165) is 11.1 Å². The van der Waals surface area contributed by atoms with E-state index in [4.69, 9.17) is 5.73 Å². The fraction of sp³-hybridized carbons (Fsp3) is 0.0909. The van der Waals surface area contributed by atoms with Gasteiger partial charge >= 0.3 is 0 Å². The molecule has 0 saturated heterocycles. The van der Waals surface area contributed by atoms with Crippen molar-refractivity contribution in [2.75, 3.05) is 0 Å². The van der Waals surface area contributed by atoms with Gasteiger partial charge in [-0.05, 0) is 5.56 Å². The summed E-state index contributed by atoms with van der Waals surface area (Å²) in [5, 5.41) is 0. The summed E-state index contributed by atoms with van der Waals surface area (Å²) in [7, 11) is 0. The monoisotopic (exact) mass is 185 g/mol. The van der Waals surface area contributed by atoms with Crippen LogP contribution in [0, 0.1) is 0 Å². The molecule has 3 heteroatoms. The van der Waals surface area contributed by atoms with E-state index >= 15 is 0 Å². The first-order valence-corrected chi connectivity index (χ1v) is 4.43. The Hall–Kier alpha value is -1.74. The van der Waals surface area contributed by atoms with Crippen molar-refractivity contribution in [1.29, 1.82) is 0 Å². The standard InChI is InChI=1S/C11H11N3/c12-11(9-4-2-1-3-5-9)10-6-13-8-14-7-10/h1-8,11H,12H2. The molecule has 2 rings (SSSR count). The van der Waals surface area contributed by atoms with Gasteiger partial charge in [0, 0.05) is 18.0 Å². The molecule has 0 aliphatic carbocycles. The Kier molecular flexibility index (Phi) is 2.51. The quantitative estimate of drug-likeness (QED) is 0.771. The van der Waals surface area contributed by atoms with Gasteiger partial charge in [0.15, 0.2) is 0 Å². The molecule has 0 amide bonds. The largest absolute Gasteiger partial charge is 0.320 e. The number of nitrogens with zero attached hydrogens (tertiary/aromatic N) is 2. The van der Waals surface area contributed by atoms with Crippen LogP contribution in [0.15, 0.2) is 49.1 Å². The summed E-state index contributed by atoms with van der Waals surface area (Å²) in [6, 6.07) is 9.77. The maximum absolute atomic E-state index is 6.04. The minimum atomic E-state index is -0.141. The van der Waals surface area contributed by atoms with Crippen molar-refractivity contribution in [3.05, 3.63) is 60.2 Å². The van der Waals surface area contributed by atoms with Gasteiger partial charge in [-0.2, -0.15) is 0 Å². The third-order valence-corrected chi connectivity index (χ3v) is 2.10. The number of aromatic nitrogens is 2. The second-order valence-corrected chi connectivity index (χ2v) is 3.06.